The highest BCUT2D eigenvalue weighted by Crippen LogP contribution is 2.26. The highest BCUT2D eigenvalue weighted by atomic mass is 32.2. The van der Waals surface area contributed by atoms with Gasteiger partial charge in [-0.1, -0.05) is 36.4 Å². The summed E-state index contributed by atoms with van der Waals surface area (Å²) in [5.74, 6) is 0.0370. The number of rotatable bonds is 7. The van der Waals surface area contributed by atoms with E-state index < -0.39 is 10.0 Å². The van der Waals surface area contributed by atoms with Gasteiger partial charge in [-0.15, -0.1) is 0 Å². The lowest BCUT2D eigenvalue weighted by atomic mass is 10.0. The van der Waals surface area contributed by atoms with Crippen LogP contribution >= 0.6 is 0 Å². The maximum absolute atomic E-state index is 13.0. The molecule has 2 aromatic carbocycles. The fraction of sp³-hybridized carbons (Fsp3) is 0.520. The Labute approximate surface area is 186 Å². The molecule has 1 unspecified atom stereocenters. The van der Waals surface area contributed by atoms with Crippen molar-refractivity contribution in [1.29, 1.82) is 0 Å². The number of aliphatic hydroxyl groups excluding tert-OH is 1. The predicted molar refractivity (Wildman–Crippen MR) is 124 cm³/mol. The zero-order valence-corrected chi connectivity index (χ0v) is 19.2. The molecule has 2 heterocycles. The van der Waals surface area contributed by atoms with Crippen LogP contribution in [0.3, 0.4) is 0 Å². The van der Waals surface area contributed by atoms with Gasteiger partial charge in [-0.05, 0) is 80.3 Å². The van der Waals surface area contributed by atoms with Crippen molar-refractivity contribution in [1.82, 2.24) is 9.21 Å². The highest BCUT2D eigenvalue weighted by molar-refractivity contribution is 7.89. The van der Waals surface area contributed by atoms with Crippen LogP contribution in [0.5, 0.6) is 0 Å². The fourth-order valence-electron chi connectivity index (χ4n) is 4.82. The van der Waals surface area contributed by atoms with Crippen LogP contribution < -0.4 is 0 Å². The van der Waals surface area contributed by atoms with Gasteiger partial charge in [0.25, 0.3) is 0 Å². The number of benzene rings is 2. The van der Waals surface area contributed by atoms with Gasteiger partial charge in [0.1, 0.15) is 0 Å². The van der Waals surface area contributed by atoms with E-state index >= 15 is 0 Å². The molecule has 4 rings (SSSR count). The number of likely N-dealkylation sites (tertiary alicyclic amines) is 1. The molecule has 0 bridgehead atoms. The van der Waals surface area contributed by atoms with Crippen LogP contribution in [0.4, 0.5) is 0 Å². The Balaban J connectivity index is 1.40. The van der Waals surface area contributed by atoms with E-state index in [2.05, 4.69) is 36.1 Å². The van der Waals surface area contributed by atoms with Gasteiger partial charge in [0, 0.05) is 32.3 Å². The van der Waals surface area contributed by atoms with E-state index in [0.717, 1.165) is 36.9 Å². The average Bonchev–Trinajstić information content (AvgIpc) is 3.23. The quantitative estimate of drug-likeness (QED) is 0.709. The zero-order chi connectivity index (χ0) is 21.8. The minimum absolute atomic E-state index is 0.0370. The minimum atomic E-state index is -3.51. The molecule has 0 aromatic heterocycles. The summed E-state index contributed by atoms with van der Waals surface area (Å²) in [5, 5.41) is 9.40. The van der Waals surface area contributed by atoms with Crippen LogP contribution in [-0.2, 0) is 16.4 Å². The number of piperidine rings is 1. The predicted octanol–water partition coefficient (Wildman–Crippen LogP) is 3.77. The molecule has 0 saturated carbocycles. The third-order valence-corrected chi connectivity index (χ3v) is 8.78. The maximum atomic E-state index is 13.0. The Morgan fingerprint density at radius 3 is 2.19 bits per heavy atom. The van der Waals surface area contributed by atoms with Gasteiger partial charge in [-0.2, -0.15) is 4.31 Å². The molecule has 0 spiro atoms. The fourth-order valence-corrected chi connectivity index (χ4v) is 6.38. The van der Waals surface area contributed by atoms with Crippen molar-refractivity contribution < 1.29 is 13.5 Å². The van der Waals surface area contributed by atoms with Gasteiger partial charge >= 0.3 is 0 Å². The van der Waals surface area contributed by atoms with E-state index in [1.807, 2.05) is 12.1 Å². The van der Waals surface area contributed by atoms with Gasteiger partial charge in [0.05, 0.1) is 4.90 Å². The maximum Gasteiger partial charge on any atom is 0.243 e. The Hall–Kier alpha value is -1.73. The van der Waals surface area contributed by atoms with Crippen molar-refractivity contribution in [2.75, 3.05) is 32.8 Å². The molecule has 2 atom stereocenters. The topological polar surface area (TPSA) is 60.9 Å². The summed E-state index contributed by atoms with van der Waals surface area (Å²) >= 11 is 0. The van der Waals surface area contributed by atoms with Gasteiger partial charge in [0.2, 0.25) is 10.0 Å². The number of sulfonamides is 1. The molecule has 31 heavy (non-hydrogen) atoms. The van der Waals surface area contributed by atoms with Crippen LogP contribution in [0.2, 0.25) is 0 Å². The molecular weight excluding hydrogens is 408 g/mol. The van der Waals surface area contributed by atoms with Gasteiger partial charge in [0.15, 0.2) is 0 Å². The molecule has 2 aliphatic heterocycles. The van der Waals surface area contributed by atoms with E-state index in [-0.39, 0.29) is 12.5 Å². The molecule has 2 fully saturated rings. The summed E-state index contributed by atoms with van der Waals surface area (Å²) in [4.78, 5) is 2.89. The Bertz CT molecular complexity index is 957. The molecule has 2 saturated heterocycles. The molecule has 6 heteroatoms. The van der Waals surface area contributed by atoms with E-state index in [1.165, 1.54) is 29.3 Å². The van der Waals surface area contributed by atoms with E-state index in [1.54, 1.807) is 12.1 Å². The largest absolute Gasteiger partial charge is 0.396 e. The summed E-state index contributed by atoms with van der Waals surface area (Å²) < 4.78 is 27.5. The molecule has 168 valence electrons. The van der Waals surface area contributed by atoms with E-state index in [0.29, 0.717) is 24.0 Å². The first kappa shape index (κ1) is 22.5. The van der Waals surface area contributed by atoms with Crippen LogP contribution in [0.1, 0.15) is 38.2 Å². The van der Waals surface area contributed by atoms with Crippen LogP contribution in [0.25, 0.3) is 11.1 Å². The Morgan fingerprint density at radius 2 is 1.58 bits per heavy atom. The van der Waals surface area contributed by atoms with Crippen LogP contribution in [0, 0.1) is 5.92 Å². The van der Waals surface area contributed by atoms with Gasteiger partial charge in [-0.3, -0.25) is 0 Å². The first-order valence-corrected chi connectivity index (χ1v) is 13.0. The first-order chi connectivity index (χ1) is 15.0. The number of hydrogen-bond acceptors (Lipinski definition) is 4. The molecule has 0 radical (unpaired) electrons. The van der Waals surface area contributed by atoms with E-state index in [9.17, 15) is 13.5 Å². The lowest BCUT2D eigenvalue weighted by molar-refractivity contribution is 0.165. The third kappa shape index (κ3) is 5.20. The molecule has 1 N–H and O–H groups in total. The summed E-state index contributed by atoms with van der Waals surface area (Å²) in [6.45, 7) is 5.61. The smallest absolute Gasteiger partial charge is 0.243 e. The van der Waals surface area contributed by atoms with Crippen molar-refractivity contribution in [3.8, 4) is 11.1 Å². The third-order valence-electron chi connectivity index (χ3n) is 6.90. The minimum Gasteiger partial charge on any atom is -0.396 e. The second-order valence-corrected chi connectivity index (χ2v) is 11.0. The summed E-state index contributed by atoms with van der Waals surface area (Å²) in [5.41, 5.74) is 3.46. The van der Waals surface area contributed by atoms with Gasteiger partial charge < -0.3 is 10.0 Å². The molecule has 0 amide bonds. The lowest BCUT2D eigenvalue weighted by Gasteiger charge is -2.31. The van der Waals surface area contributed by atoms with Crippen molar-refractivity contribution in [3.63, 3.8) is 0 Å². The Morgan fingerprint density at radius 1 is 0.935 bits per heavy atom. The monoisotopic (exact) mass is 442 g/mol. The number of aliphatic hydroxyl groups is 1. The van der Waals surface area contributed by atoms with E-state index in [4.69, 9.17) is 0 Å². The molecule has 5 nitrogen and oxygen atoms in total. The first-order valence-electron chi connectivity index (χ1n) is 11.5. The molecule has 2 aromatic rings. The van der Waals surface area contributed by atoms with Crippen molar-refractivity contribution in [3.05, 3.63) is 54.1 Å². The zero-order valence-electron chi connectivity index (χ0n) is 18.4. The van der Waals surface area contributed by atoms with Crippen molar-refractivity contribution in [2.45, 2.75) is 50.0 Å². The SMILES string of the molecule is C[C@@H]1CCCN1CCc1ccc(-c2ccc(S(=O)(=O)N3CCCC(CO)C3)cc2)cc1. The molecule has 2 aliphatic rings. The summed E-state index contributed by atoms with van der Waals surface area (Å²) in [7, 11) is -3.51. The summed E-state index contributed by atoms with van der Waals surface area (Å²) in [6.07, 6.45) is 5.36. The molecular formula is C25H34N2O3S. The van der Waals surface area contributed by atoms with Crippen molar-refractivity contribution in [2.24, 2.45) is 5.92 Å². The Kier molecular flexibility index (Phi) is 7.12. The average molecular weight is 443 g/mol. The second kappa shape index (κ2) is 9.82. The number of hydrogen-bond donors (Lipinski definition) is 1. The normalized spacial score (nSPS) is 23.3. The lowest BCUT2D eigenvalue weighted by Crippen LogP contribution is -2.40. The highest BCUT2D eigenvalue weighted by Gasteiger charge is 2.29. The number of nitrogens with zero attached hydrogens (tertiary/aromatic N) is 2. The van der Waals surface area contributed by atoms with Crippen LogP contribution in [0.15, 0.2) is 53.4 Å². The van der Waals surface area contributed by atoms with Crippen molar-refractivity contribution >= 4 is 10.0 Å². The second-order valence-electron chi connectivity index (χ2n) is 9.05. The standard InChI is InChI=1S/C25H34N2O3S/c1-20-4-2-15-26(20)17-14-21-6-8-23(9-7-21)24-10-12-25(13-11-24)31(29,30)27-16-3-5-22(18-27)19-28/h6-13,20,22,28H,2-5,14-19H2,1H3/t20-,22?/m1/s1. The van der Waals surface area contributed by atoms with Crippen LogP contribution in [-0.4, -0.2) is 61.6 Å². The van der Waals surface area contributed by atoms with Gasteiger partial charge in [-0.25, -0.2) is 8.42 Å². The summed E-state index contributed by atoms with van der Waals surface area (Å²) in [6, 6.07) is 16.5. The molecule has 0 aliphatic carbocycles.